The number of morpholine rings is 1. The highest BCUT2D eigenvalue weighted by molar-refractivity contribution is 5.11. The molecule has 1 aliphatic rings. The van der Waals surface area contributed by atoms with Gasteiger partial charge < -0.3 is 4.74 Å². The van der Waals surface area contributed by atoms with Crippen LogP contribution in [0.15, 0.2) is 18.3 Å². The zero-order valence-corrected chi connectivity index (χ0v) is 8.98. The molecule has 0 unspecified atom stereocenters. The van der Waals surface area contributed by atoms with E-state index in [-0.39, 0.29) is 0 Å². The highest BCUT2D eigenvalue weighted by Gasteiger charge is 2.10. The molecule has 82 valence electrons. The van der Waals surface area contributed by atoms with Crippen molar-refractivity contribution >= 4 is 0 Å². The molecule has 1 aliphatic heterocycles. The molecule has 0 atom stereocenters. The smallest absolute Gasteiger partial charge is 0.111 e. The van der Waals surface area contributed by atoms with E-state index in [1.165, 1.54) is 5.56 Å². The summed E-state index contributed by atoms with van der Waals surface area (Å²) in [6.07, 6.45) is 1.86. The molecule has 1 fully saturated rings. The molecule has 2 heterocycles. The molecule has 4 nitrogen and oxygen atoms in total. The Morgan fingerprint density at radius 3 is 2.87 bits per heavy atom. The van der Waals surface area contributed by atoms with Crippen molar-refractivity contribution < 1.29 is 9.57 Å². The van der Waals surface area contributed by atoms with Gasteiger partial charge in [0.2, 0.25) is 0 Å². The van der Waals surface area contributed by atoms with Crippen LogP contribution in [0.3, 0.4) is 0 Å². The molecule has 1 aromatic heterocycles. The highest BCUT2D eigenvalue weighted by atomic mass is 16.7. The van der Waals surface area contributed by atoms with Gasteiger partial charge in [-0.1, -0.05) is 6.07 Å². The van der Waals surface area contributed by atoms with Crippen molar-refractivity contribution in [1.82, 2.24) is 10.0 Å². The normalized spacial score (nSPS) is 17.9. The molecule has 0 aliphatic carbocycles. The molecule has 15 heavy (non-hydrogen) atoms. The third-order valence-electron chi connectivity index (χ3n) is 2.34. The average Bonchev–Trinajstić information content (AvgIpc) is 2.30. The van der Waals surface area contributed by atoms with Crippen LogP contribution in [0.5, 0.6) is 0 Å². The van der Waals surface area contributed by atoms with Crippen molar-refractivity contribution in [2.75, 3.05) is 26.3 Å². The summed E-state index contributed by atoms with van der Waals surface area (Å²) in [4.78, 5) is 9.88. The summed E-state index contributed by atoms with van der Waals surface area (Å²) in [6.45, 7) is 5.75. The van der Waals surface area contributed by atoms with Crippen LogP contribution in [0.2, 0.25) is 0 Å². The van der Waals surface area contributed by atoms with E-state index in [2.05, 4.69) is 4.98 Å². The second kappa shape index (κ2) is 5.21. The highest BCUT2D eigenvalue weighted by Crippen LogP contribution is 2.04. The molecular formula is C11H16N2O2. The zero-order chi connectivity index (χ0) is 10.5. The van der Waals surface area contributed by atoms with Crippen LogP contribution >= 0.6 is 0 Å². The number of hydroxylamine groups is 2. The van der Waals surface area contributed by atoms with Gasteiger partial charge in [0.15, 0.2) is 0 Å². The number of aromatic nitrogens is 1. The molecule has 0 saturated carbocycles. The summed E-state index contributed by atoms with van der Waals surface area (Å²) in [5.74, 6) is 0. The number of hydrogen-bond donors (Lipinski definition) is 0. The number of hydrogen-bond acceptors (Lipinski definition) is 4. The maximum absolute atomic E-state index is 5.60. The molecule has 0 radical (unpaired) electrons. The van der Waals surface area contributed by atoms with Crippen molar-refractivity contribution in [2.24, 2.45) is 0 Å². The van der Waals surface area contributed by atoms with E-state index in [4.69, 9.17) is 9.57 Å². The molecule has 0 bridgehead atoms. The molecule has 4 heteroatoms. The van der Waals surface area contributed by atoms with Gasteiger partial charge in [0.25, 0.3) is 0 Å². The van der Waals surface area contributed by atoms with Crippen molar-refractivity contribution in [3.8, 4) is 0 Å². The van der Waals surface area contributed by atoms with Gasteiger partial charge in [0, 0.05) is 19.3 Å². The van der Waals surface area contributed by atoms with Crippen LogP contribution < -0.4 is 0 Å². The number of pyridine rings is 1. The van der Waals surface area contributed by atoms with Gasteiger partial charge in [-0.15, -0.1) is 0 Å². The van der Waals surface area contributed by atoms with Crippen LogP contribution in [-0.2, 0) is 16.2 Å². The lowest BCUT2D eigenvalue weighted by molar-refractivity contribution is -0.203. The van der Waals surface area contributed by atoms with E-state index in [0.29, 0.717) is 6.61 Å². The molecule has 1 aromatic rings. The average molecular weight is 208 g/mol. The second-order valence-electron chi connectivity index (χ2n) is 3.64. The van der Waals surface area contributed by atoms with Gasteiger partial charge >= 0.3 is 0 Å². The van der Waals surface area contributed by atoms with Gasteiger partial charge in [0.05, 0.1) is 18.9 Å². The number of nitrogens with zero attached hydrogens (tertiary/aromatic N) is 2. The van der Waals surface area contributed by atoms with Crippen LogP contribution in [-0.4, -0.2) is 36.4 Å². The van der Waals surface area contributed by atoms with Crippen molar-refractivity contribution in [2.45, 2.75) is 13.5 Å². The molecule has 0 aromatic carbocycles. The fourth-order valence-electron chi connectivity index (χ4n) is 1.42. The van der Waals surface area contributed by atoms with Crippen LogP contribution in [0.4, 0.5) is 0 Å². The quantitative estimate of drug-likeness (QED) is 0.746. The van der Waals surface area contributed by atoms with E-state index < -0.39 is 0 Å². The summed E-state index contributed by atoms with van der Waals surface area (Å²) in [5, 5.41) is 1.94. The molecule has 0 N–H and O–H groups in total. The van der Waals surface area contributed by atoms with Gasteiger partial charge in [-0.05, 0) is 18.6 Å². The molecule has 0 amide bonds. The van der Waals surface area contributed by atoms with Crippen LogP contribution in [0, 0.1) is 6.92 Å². The Morgan fingerprint density at radius 1 is 1.40 bits per heavy atom. The van der Waals surface area contributed by atoms with E-state index >= 15 is 0 Å². The SMILES string of the molecule is Cc1ccc(CON2CCOCC2)nc1. The van der Waals surface area contributed by atoms with E-state index in [1.807, 2.05) is 30.3 Å². The monoisotopic (exact) mass is 208 g/mol. The lowest BCUT2D eigenvalue weighted by Crippen LogP contribution is -2.36. The fourth-order valence-corrected chi connectivity index (χ4v) is 1.42. The number of rotatable bonds is 3. The van der Waals surface area contributed by atoms with Gasteiger partial charge in [-0.2, -0.15) is 5.06 Å². The minimum absolute atomic E-state index is 0.542. The largest absolute Gasteiger partial charge is 0.379 e. The summed E-state index contributed by atoms with van der Waals surface area (Å²) in [5.41, 5.74) is 2.14. The van der Waals surface area contributed by atoms with Crippen molar-refractivity contribution in [3.05, 3.63) is 29.6 Å². The van der Waals surface area contributed by atoms with Crippen molar-refractivity contribution in [1.29, 1.82) is 0 Å². The lowest BCUT2D eigenvalue weighted by atomic mass is 10.3. The van der Waals surface area contributed by atoms with E-state index in [1.54, 1.807) is 0 Å². The predicted octanol–water partition coefficient (Wildman–Crippen LogP) is 1.15. The minimum atomic E-state index is 0.542. The van der Waals surface area contributed by atoms with Crippen LogP contribution in [0.25, 0.3) is 0 Å². The molecule has 2 rings (SSSR count). The lowest BCUT2D eigenvalue weighted by Gasteiger charge is -2.25. The Hall–Kier alpha value is -0.970. The Kier molecular flexibility index (Phi) is 3.66. The molecule has 0 spiro atoms. The summed E-state index contributed by atoms with van der Waals surface area (Å²) >= 11 is 0. The summed E-state index contributed by atoms with van der Waals surface area (Å²) in [6, 6.07) is 4.04. The second-order valence-corrected chi connectivity index (χ2v) is 3.64. The Labute approximate surface area is 89.8 Å². The minimum Gasteiger partial charge on any atom is -0.379 e. The third kappa shape index (κ3) is 3.27. The number of ether oxygens (including phenoxy) is 1. The first-order valence-electron chi connectivity index (χ1n) is 5.22. The van der Waals surface area contributed by atoms with Gasteiger partial charge in [-0.3, -0.25) is 9.82 Å². The van der Waals surface area contributed by atoms with Crippen LogP contribution in [0.1, 0.15) is 11.3 Å². The first-order chi connectivity index (χ1) is 7.34. The Balaban J connectivity index is 1.79. The maximum atomic E-state index is 5.60. The number of aryl methyl sites for hydroxylation is 1. The first kappa shape index (κ1) is 10.5. The zero-order valence-electron chi connectivity index (χ0n) is 8.98. The maximum Gasteiger partial charge on any atom is 0.111 e. The standard InChI is InChI=1S/C11H16N2O2/c1-10-2-3-11(12-8-10)9-15-13-4-6-14-7-5-13/h2-3,8H,4-7,9H2,1H3. The summed E-state index contributed by atoms with van der Waals surface area (Å²) in [7, 11) is 0. The van der Waals surface area contributed by atoms with Crippen molar-refractivity contribution in [3.63, 3.8) is 0 Å². The molecular weight excluding hydrogens is 192 g/mol. The van der Waals surface area contributed by atoms with E-state index in [9.17, 15) is 0 Å². The topological polar surface area (TPSA) is 34.6 Å². The Bertz CT molecular complexity index is 294. The Morgan fingerprint density at radius 2 is 2.20 bits per heavy atom. The third-order valence-corrected chi connectivity index (χ3v) is 2.34. The fraction of sp³-hybridized carbons (Fsp3) is 0.545. The first-order valence-corrected chi connectivity index (χ1v) is 5.22. The van der Waals surface area contributed by atoms with Gasteiger partial charge in [0.1, 0.15) is 6.61 Å². The predicted molar refractivity (Wildman–Crippen MR) is 56.2 cm³/mol. The molecule has 1 saturated heterocycles. The van der Waals surface area contributed by atoms with E-state index in [0.717, 1.165) is 32.0 Å². The summed E-state index contributed by atoms with van der Waals surface area (Å²) < 4.78 is 5.23. The van der Waals surface area contributed by atoms with Gasteiger partial charge in [-0.25, -0.2) is 0 Å².